The van der Waals surface area contributed by atoms with Crippen molar-refractivity contribution in [1.29, 1.82) is 0 Å². The number of aromatic amines is 1. The lowest BCUT2D eigenvalue weighted by molar-refractivity contribution is -0.120. The summed E-state index contributed by atoms with van der Waals surface area (Å²) in [5, 5.41) is 21.4. The van der Waals surface area contributed by atoms with Crippen molar-refractivity contribution < 1.29 is 19.7 Å². The number of hydrogen-bond donors (Lipinski definition) is 5. The SMILES string of the molecule is NCCC(=O)NCC#Cc1cn([C@H]2C[C@H](O)[C@@H](CO)O2)c(=O)[nH]c1=O. The summed E-state index contributed by atoms with van der Waals surface area (Å²) in [7, 11) is 0. The van der Waals surface area contributed by atoms with Crippen LogP contribution in [0.25, 0.3) is 0 Å². The molecule has 0 aromatic carbocycles. The molecule has 0 aliphatic carbocycles. The van der Waals surface area contributed by atoms with Crippen LogP contribution in [-0.2, 0) is 9.53 Å². The first kappa shape index (κ1) is 18.9. The molecule has 10 heteroatoms. The zero-order valence-electron chi connectivity index (χ0n) is 13.4. The summed E-state index contributed by atoms with van der Waals surface area (Å²) < 4.78 is 6.50. The number of nitrogens with zero attached hydrogens (tertiary/aromatic N) is 1. The van der Waals surface area contributed by atoms with Gasteiger partial charge in [-0.25, -0.2) is 4.79 Å². The monoisotopic (exact) mass is 352 g/mol. The van der Waals surface area contributed by atoms with Crippen LogP contribution in [0.2, 0.25) is 0 Å². The molecule has 1 fully saturated rings. The normalized spacial score (nSPS) is 22.3. The van der Waals surface area contributed by atoms with Gasteiger partial charge in [-0.15, -0.1) is 0 Å². The Kier molecular flexibility index (Phi) is 6.49. The van der Waals surface area contributed by atoms with E-state index >= 15 is 0 Å². The van der Waals surface area contributed by atoms with Gasteiger partial charge in [0.2, 0.25) is 5.91 Å². The summed E-state index contributed by atoms with van der Waals surface area (Å²) >= 11 is 0. The maximum absolute atomic E-state index is 11.9. The van der Waals surface area contributed by atoms with Crippen molar-refractivity contribution in [1.82, 2.24) is 14.9 Å². The summed E-state index contributed by atoms with van der Waals surface area (Å²) in [4.78, 5) is 37.1. The predicted octanol–water partition coefficient (Wildman–Crippen LogP) is -3.01. The second-order valence-electron chi connectivity index (χ2n) is 5.44. The molecular formula is C15H20N4O6. The lowest BCUT2D eigenvalue weighted by atomic mass is 10.2. The van der Waals surface area contributed by atoms with E-state index in [1.54, 1.807) is 0 Å². The van der Waals surface area contributed by atoms with E-state index in [0.29, 0.717) is 0 Å². The van der Waals surface area contributed by atoms with Gasteiger partial charge in [0.15, 0.2) is 0 Å². The molecular weight excluding hydrogens is 332 g/mol. The van der Waals surface area contributed by atoms with E-state index in [4.69, 9.17) is 15.6 Å². The molecule has 1 aliphatic heterocycles. The van der Waals surface area contributed by atoms with E-state index in [-0.39, 0.29) is 44.0 Å². The molecule has 0 unspecified atom stereocenters. The molecule has 3 atom stereocenters. The van der Waals surface area contributed by atoms with Crippen molar-refractivity contribution in [2.45, 2.75) is 31.3 Å². The van der Waals surface area contributed by atoms with Crippen LogP contribution in [0.1, 0.15) is 24.6 Å². The third-order valence-electron chi connectivity index (χ3n) is 3.63. The summed E-state index contributed by atoms with van der Waals surface area (Å²) in [5.74, 6) is 4.93. The zero-order valence-corrected chi connectivity index (χ0v) is 13.4. The van der Waals surface area contributed by atoms with Gasteiger partial charge in [0.1, 0.15) is 17.9 Å². The summed E-state index contributed by atoms with van der Waals surface area (Å²) in [6.07, 6.45) is -1.02. The highest BCUT2D eigenvalue weighted by molar-refractivity contribution is 5.76. The van der Waals surface area contributed by atoms with Crippen molar-refractivity contribution in [3.05, 3.63) is 32.6 Å². The van der Waals surface area contributed by atoms with Crippen LogP contribution in [0.5, 0.6) is 0 Å². The van der Waals surface area contributed by atoms with Crippen molar-refractivity contribution in [3.8, 4) is 11.8 Å². The van der Waals surface area contributed by atoms with Crippen LogP contribution in [-0.4, -0.2) is 57.6 Å². The van der Waals surface area contributed by atoms with Gasteiger partial charge in [-0.3, -0.25) is 19.1 Å². The van der Waals surface area contributed by atoms with Crippen molar-refractivity contribution in [2.75, 3.05) is 19.7 Å². The second kappa shape index (κ2) is 8.59. The highest BCUT2D eigenvalue weighted by Gasteiger charge is 2.35. The number of aliphatic hydroxyl groups excluding tert-OH is 2. The van der Waals surface area contributed by atoms with Crippen molar-refractivity contribution in [2.24, 2.45) is 5.73 Å². The molecule has 2 rings (SSSR count). The van der Waals surface area contributed by atoms with Gasteiger partial charge in [0.05, 0.1) is 19.3 Å². The molecule has 0 spiro atoms. The highest BCUT2D eigenvalue weighted by atomic mass is 16.5. The number of nitrogens with one attached hydrogen (secondary N) is 2. The Labute approximate surface area is 142 Å². The van der Waals surface area contributed by atoms with Gasteiger partial charge < -0.3 is 26.0 Å². The molecule has 25 heavy (non-hydrogen) atoms. The molecule has 0 radical (unpaired) electrons. The number of H-pyrrole nitrogens is 1. The van der Waals surface area contributed by atoms with Crippen LogP contribution in [0, 0.1) is 11.8 Å². The fourth-order valence-corrected chi connectivity index (χ4v) is 2.34. The Morgan fingerprint density at radius 1 is 1.52 bits per heavy atom. The molecule has 0 saturated carbocycles. The minimum Gasteiger partial charge on any atom is -0.394 e. The minimum absolute atomic E-state index is 0.0122. The third kappa shape index (κ3) is 4.77. The van der Waals surface area contributed by atoms with Gasteiger partial charge in [0, 0.05) is 25.6 Å². The van der Waals surface area contributed by atoms with Crippen LogP contribution in [0.3, 0.4) is 0 Å². The maximum Gasteiger partial charge on any atom is 0.330 e. The van der Waals surface area contributed by atoms with E-state index in [2.05, 4.69) is 22.1 Å². The number of carbonyl (C=O) groups excluding carboxylic acids is 1. The van der Waals surface area contributed by atoms with E-state index in [9.17, 15) is 19.5 Å². The standard InChI is InChI=1S/C15H20N4O6/c16-4-3-12(22)17-5-1-2-9-7-19(15(24)18-14(9)23)13-6-10(21)11(8-20)25-13/h7,10-11,13,20-21H,3-6,8,16H2,(H,17,22)(H,18,23,24)/t10-,11+,13+/m0/s1. The van der Waals surface area contributed by atoms with Crippen LogP contribution >= 0.6 is 0 Å². The van der Waals surface area contributed by atoms with Gasteiger partial charge in [-0.1, -0.05) is 11.8 Å². The third-order valence-corrected chi connectivity index (χ3v) is 3.63. The van der Waals surface area contributed by atoms with Gasteiger partial charge in [-0.2, -0.15) is 0 Å². The molecule has 1 aromatic heterocycles. The van der Waals surface area contributed by atoms with E-state index in [0.717, 1.165) is 4.57 Å². The Morgan fingerprint density at radius 3 is 2.92 bits per heavy atom. The Bertz CT molecular complexity index is 790. The Morgan fingerprint density at radius 2 is 2.28 bits per heavy atom. The topological polar surface area (TPSA) is 160 Å². The molecule has 6 N–H and O–H groups in total. The maximum atomic E-state index is 11.9. The number of nitrogens with two attached hydrogens (primary N) is 1. The van der Waals surface area contributed by atoms with Crippen LogP contribution in [0.4, 0.5) is 0 Å². The Balaban J connectivity index is 2.15. The molecule has 1 aliphatic rings. The molecule has 1 saturated heterocycles. The molecule has 1 amide bonds. The van der Waals surface area contributed by atoms with Crippen LogP contribution < -0.4 is 22.3 Å². The van der Waals surface area contributed by atoms with Crippen LogP contribution in [0.15, 0.2) is 15.8 Å². The largest absolute Gasteiger partial charge is 0.394 e. The number of aromatic nitrogens is 2. The highest BCUT2D eigenvalue weighted by Crippen LogP contribution is 2.27. The van der Waals surface area contributed by atoms with E-state index in [1.807, 2.05) is 0 Å². The van der Waals surface area contributed by atoms with Crippen molar-refractivity contribution in [3.63, 3.8) is 0 Å². The lowest BCUT2D eigenvalue weighted by Crippen LogP contribution is -2.33. The fourth-order valence-electron chi connectivity index (χ4n) is 2.34. The number of aliphatic hydroxyl groups is 2. The average Bonchev–Trinajstić information content (AvgIpc) is 2.94. The minimum atomic E-state index is -0.916. The zero-order chi connectivity index (χ0) is 18.4. The fraction of sp³-hybridized carbons (Fsp3) is 0.533. The first-order valence-corrected chi connectivity index (χ1v) is 7.71. The molecule has 0 bridgehead atoms. The lowest BCUT2D eigenvalue weighted by Gasteiger charge is -2.14. The van der Waals surface area contributed by atoms with Gasteiger partial charge in [0.25, 0.3) is 5.56 Å². The average molecular weight is 352 g/mol. The quantitative estimate of drug-likeness (QED) is 0.353. The number of carbonyl (C=O) groups is 1. The summed E-state index contributed by atoms with van der Waals surface area (Å²) in [6.45, 7) is -0.125. The molecule has 1 aromatic rings. The number of rotatable bonds is 5. The van der Waals surface area contributed by atoms with E-state index < -0.39 is 29.7 Å². The molecule has 136 valence electrons. The number of hydrogen-bond acceptors (Lipinski definition) is 7. The van der Waals surface area contributed by atoms with Gasteiger partial charge >= 0.3 is 5.69 Å². The first-order valence-electron chi connectivity index (χ1n) is 7.71. The second-order valence-corrected chi connectivity index (χ2v) is 5.44. The molecule has 2 heterocycles. The summed E-state index contributed by atoms with van der Waals surface area (Å²) in [5.41, 5.74) is 3.88. The summed E-state index contributed by atoms with van der Waals surface area (Å²) in [6, 6.07) is 0. The molecule has 10 nitrogen and oxygen atoms in total. The smallest absolute Gasteiger partial charge is 0.330 e. The van der Waals surface area contributed by atoms with Gasteiger partial charge in [-0.05, 0) is 0 Å². The Hall–Kier alpha value is -2.45. The van der Waals surface area contributed by atoms with Crippen molar-refractivity contribution >= 4 is 5.91 Å². The first-order chi connectivity index (χ1) is 12.0. The number of amides is 1. The van der Waals surface area contributed by atoms with E-state index in [1.165, 1.54) is 6.20 Å². The predicted molar refractivity (Wildman–Crippen MR) is 86.5 cm³/mol. The number of ether oxygens (including phenoxy) is 1.